The van der Waals surface area contributed by atoms with Crippen LogP contribution in [0.3, 0.4) is 0 Å². The van der Waals surface area contributed by atoms with Crippen LogP contribution in [0.25, 0.3) is 0 Å². The zero-order valence-corrected chi connectivity index (χ0v) is 14.1. The lowest BCUT2D eigenvalue weighted by molar-refractivity contribution is -0.127. The largest absolute Gasteiger partial charge is 0.477 e. The number of carbonyl (C=O) groups excluding carboxylic acids is 2. The fourth-order valence-electron chi connectivity index (χ4n) is 3.08. The minimum atomic E-state index is -0.713. The molecule has 25 heavy (non-hydrogen) atoms. The zero-order chi connectivity index (χ0) is 17.4. The van der Waals surface area contributed by atoms with E-state index < -0.39 is 11.4 Å². The van der Waals surface area contributed by atoms with Crippen molar-refractivity contribution in [2.45, 2.75) is 43.6 Å². The molecule has 7 nitrogen and oxygen atoms in total. The summed E-state index contributed by atoms with van der Waals surface area (Å²) in [6.07, 6.45) is 4.76. The Bertz CT molecular complexity index is 694. The van der Waals surface area contributed by atoms with E-state index >= 15 is 0 Å². The molecule has 0 spiro atoms. The molecule has 0 atom stereocenters. The summed E-state index contributed by atoms with van der Waals surface area (Å²) < 4.78 is 11.1. The molecule has 2 saturated carbocycles. The first-order valence-electron chi connectivity index (χ1n) is 8.87. The molecule has 0 bridgehead atoms. The van der Waals surface area contributed by atoms with Gasteiger partial charge in [-0.3, -0.25) is 9.59 Å². The maximum absolute atomic E-state index is 12.6. The molecule has 3 N–H and O–H groups in total. The van der Waals surface area contributed by atoms with Crippen LogP contribution in [-0.2, 0) is 9.53 Å². The molecule has 1 saturated heterocycles. The van der Waals surface area contributed by atoms with Gasteiger partial charge >= 0.3 is 0 Å². The van der Waals surface area contributed by atoms with Gasteiger partial charge in [0.1, 0.15) is 5.69 Å². The molecule has 1 aromatic heterocycles. The second kappa shape index (κ2) is 6.29. The molecular formula is C18H23N3O4. The molecule has 3 fully saturated rings. The van der Waals surface area contributed by atoms with Crippen LogP contribution in [0.5, 0.6) is 5.88 Å². The first kappa shape index (κ1) is 16.3. The third-order valence-electron chi connectivity index (χ3n) is 4.94. The standard InChI is InChI=1S/C18H23N3O4/c19-15(22)7-18(9-24-10-18)21-16(23)14-6-5-13(12-3-4-12)17(20-14)25-8-11-1-2-11/h5-6,11-12H,1-4,7-10H2,(H2,19,22)(H,21,23). The van der Waals surface area contributed by atoms with Gasteiger partial charge in [-0.15, -0.1) is 0 Å². The van der Waals surface area contributed by atoms with E-state index in [0.717, 1.165) is 18.4 Å². The van der Waals surface area contributed by atoms with Crippen LogP contribution >= 0.6 is 0 Å². The van der Waals surface area contributed by atoms with E-state index in [1.807, 2.05) is 6.07 Å². The van der Waals surface area contributed by atoms with E-state index in [-0.39, 0.29) is 25.5 Å². The second-order valence-corrected chi connectivity index (χ2v) is 7.49. The number of primary amides is 1. The van der Waals surface area contributed by atoms with Crippen LogP contribution in [0.2, 0.25) is 0 Å². The Morgan fingerprint density at radius 3 is 2.60 bits per heavy atom. The molecular weight excluding hydrogens is 322 g/mol. The minimum Gasteiger partial charge on any atom is -0.477 e. The van der Waals surface area contributed by atoms with Gasteiger partial charge in [-0.05, 0) is 43.6 Å². The number of nitrogens with two attached hydrogens (primary N) is 1. The summed E-state index contributed by atoms with van der Waals surface area (Å²) in [5.74, 6) is 0.908. The van der Waals surface area contributed by atoms with Crippen molar-refractivity contribution in [2.24, 2.45) is 11.7 Å². The van der Waals surface area contributed by atoms with E-state index in [9.17, 15) is 9.59 Å². The highest BCUT2D eigenvalue weighted by Crippen LogP contribution is 2.44. The van der Waals surface area contributed by atoms with Gasteiger partial charge in [0.05, 0.1) is 31.8 Å². The van der Waals surface area contributed by atoms with Gasteiger partial charge in [0.25, 0.3) is 5.91 Å². The van der Waals surface area contributed by atoms with Crippen LogP contribution in [-0.4, -0.2) is 42.2 Å². The van der Waals surface area contributed by atoms with Crippen LogP contribution in [0.15, 0.2) is 12.1 Å². The number of nitrogens with zero attached hydrogens (tertiary/aromatic N) is 1. The summed E-state index contributed by atoms with van der Waals surface area (Å²) >= 11 is 0. The fourth-order valence-corrected chi connectivity index (χ4v) is 3.08. The summed E-state index contributed by atoms with van der Waals surface area (Å²) in [6, 6.07) is 3.67. The lowest BCUT2D eigenvalue weighted by Gasteiger charge is -2.41. The van der Waals surface area contributed by atoms with Gasteiger partial charge in [-0.25, -0.2) is 4.98 Å². The van der Waals surface area contributed by atoms with Crippen molar-refractivity contribution in [3.63, 3.8) is 0 Å². The number of rotatable bonds is 8. The van der Waals surface area contributed by atoms with Crippen LogP contribution in [0.1, 0.15) is 54.1 Å². The highest BCUT2D eigenvalue weighted by molar-refractivity contribution is 5.93. The van der Waals surface area contributed by atoms with Gasteiger partial charge in [-0.1, -0.05) is 6.07 Å². The van der Waals surface area contributed by atoms with Gasteiger partial charge < -0.3 is 20.5 Å². The number of nitrogens with one attached hydrogen (secondary N) is 1. The number of hydrogen-bond donors (Lipinski definition) is 2. The SMILES string of the molecule is NC(=O)CC1(NC(=O)c2ccc(C3CC3)c(OCC3CC3)n2)COC1. The van der Waals surface area contributed by atoms with Crippen molar-refractivity contribution in [3.8, 4) is 5.88 Å². The Morgan fingerprint density at radius 1 is 1.28 bits per heavy atom. The van der Waals surface area contributed by atoms with Crippen molar-refractivity contribution < 1.29 is 19.1 Å². The Balaban J connectivity index is 1.49. The molecule has 134 valence electrons. The molecule has 1 aromatic rings. The number of pyridine rings is 1. The molecule has 0 unspecified atom stereocenters. The summed E-state index contributed by atoms with van der Waals surface area (Å²) in [7, 11) is 0. The normalized spacial score (nSPS) is 21.3. The average Bonchev–Trinajstić information content (AvgIpc) is 3.44. The Kier molecular flexibility index (Phi) is 4.11. The fraction of sp³-hybridized carbons (Fsp3) is 0.611. The number of aromatic nitrogens is 1. The Labute approximate surface area is 146 Å². The number of hydrogen-bond acceptors (Lipinski definition) is 5. The van der Waals surface area contributed by atoms with Crippen molar-refractivity contribution in [1.82, 2.24) is 10.3 Å². The van der Waals surface area contributed by atoms with E-state index in [0.29, 0.717) is 30.0 Å². The highest BCUT2D eigenvalue weighted by atomic mass is 16.5. The smallest absolute Gasteiger partial charge is 0.270 e. The Hall–Kier alpha value is -2.15. The van der Waals surface area contributed by atoms with Crippen molar-refractivity contribution in [2.75, 3.05) is 19.8 Å². The molecule has 1 aliphatic heterocycles. The topological polar surface area (TPSA) is 104 Å². The molecule has 3 aliphatic rings. The van der Waals surface area contributed by atoms with E-state index in [1.54, 1.807) is 6.07 Å². The van der Waals surface area contributed by atoms with Crippen molar-refractivity contribution >= 4 is 11.8 Å². The maximum atomic E-state index is 12.6. The number of carbonyl (C=O) groups is 2. The maximum Gasteiger partial charge on any atom is 0.270 e. The molecule has 2 aliphatic carbocycles. The average molecular weight is 345 g/mol. The third-order valence-corrected chi connectivity index (χ3v) is 4.94. The summed E-state index contributed by atoms with van der Waals surface area (Å²) in [4.78, 5) is 28.3. The minimum absolute atomic E-state index is 0.0595. The molecule has 4 rings (SSSR count). The zero-order valence-electron chi connectivity index (χ0n) is 14.1. The first-order valence-corrected chi connectivity index (χ1v) is 8.87. The second-order valence-electron chi connectivity index (χ2n) is 7.49. The summed E-state index contributed by atoms with van der Waals surface area (Å²) in [6.45, 7) is 1.23. The van der Waals surface area contributed by atoms with E-state index in [4.69, 9.17) is 15.2 Å². The lowest BCUT2D eigenvalue weighted by Crippen LogP contribution is -2.63. The predicted molar refractivity (Wildman–Crippen MR) is 89.3 cm³/mol. The Morgan fingerprint density at radius 2 is 2.04 bits per heavy atom. The van der Waals surface area contributed by atoms with Crippen LogP contribution < -0.4 is 15.8 Å². The number of ether oxygens (including phenoxy) is 2. The quantitative estimate of drug-likeness (QED) is 0.735. The predicted octanol–water partition coefficient (Wildman–Crippen LogP) is 1.12. The third kappa shape index (κ3) is 3.76. The van der Waals surface area contributed by atoms with Gasteiger partial charge in [0, 0.05) is 5.56 Å². The van der Waals surface area contributed by atoms with Gasteiger partial charge in [0.2, 0.25) is 11.8 Å². The monoisotopic (exact) mass is 345 g/mol. The molecule has 0 aromatic carbocycles. The summed E-state index contributed by atoms with van der Waals surface area (Å²) in [5.41, 5.74) is 5.96. The van der Waals surface area contributed by atoms with E-state index in [2.05, 4.69) is 10.3 Å². The van der Waals surface area contributed by atoms with Crippen molar-refractivity contribution in [3.05, 3.63) is 23.4 Å². The number of amides is 2. The molecule has 0 radical (unpaired) electrons. The molecule has 2 amide bonds. The van der Waals surface area contributed by atoms with Crippen LogP contribution in [0.4, 0.5) is 0 Å². The van der Waals surface area contributed by atoms with Gasteiger partial charge in [-0.2, -0.15) is 0 Å². The van der Waals surface area contributed by atoms with Crippen molar-refractivity contribution in [1.29, 1.82) is 0 Å². The van der Waals surface area contributed by atoms with Gasteiger partial charge in [0.15, 0.2) is 0 Å². The van der Waals surface area contributed by atoms with Crippen LogP contribution in [0, 0.1) is 5.92 Å². The lowest BCUT2D eigenvalue weighted by atomic mass is 9.92. The molecule has 2 heterocycles. The first-order chi connectivity index (χ1) is 12.0. The van der Waals surface area contributed by atoms with E-state index in [1.165, 1.54) is 12.8 Å². The highest BCUT2D eigenvalue weighted by Gasteiger charge is 2.42. The molecule has 7 heteroatoms. The summed E-state index contributed by atoms with van der Waals surface area (Å²) in [5, 5.41) is 2.86.